The molecule has 0 bridgehead atoms. The van der Waals surface area contributed by atoms with Crippen molar-refractivity contribution in [1.29, 1.82) is 0 Å². The summed E-state index contributed by atoms with van der Waals surface area (Å²) >= 11 is 0. The van der Waals surface area contributed by atoms with Crippen molar-refractivity contribution in [2.75, 3.05) is 19.8 Å². The Morgan fingerprint density at radius 2 is 2.00 bits per heavy atom. The molecule has 1 atom stereocenters. The van der Waals surface area contributed by atoms with E-state index in [0.717, 1.165) is 30.6 Å². The van der Waals surface area contributed by atoms with Crippen LogP contribution in [0.1, 0.15) is 38.3 Å². The molecule has 1 heterocycles. The van der Waals surface area contributed by atoms with Gasteiger partial charge in [0.05, 0.1) is 31.8 Å². The smallest absolute Gasteiger partial charge is 0.0956 e. The number of hydrogen-bond donors (Lipinski definition) is 1. The molecule has 2 aromatic rings. The van der Waals surface area contributed by atoms with Crippen LogP contribution in [0.3, 0.4) is 0 Å². The maximum atomic E-state index is 8.78. The van der Waals surface area contributed by atoms with Gasteiger partial charge in [-0.15, -0.1) is 0 Å². The molecule has 1 aromatic carbocycles. The summed E-state index contributed by atoms with van der Waals surface area (Å²) < 4.78 is 7.59. The van der Waals surface area contributed by atoms with Crippen LogP contribution in [0.2, 0.25) is 0 Å². The van der Waals surface area contributed by atoms with Crippen LogP contribution < -0.4 is 0 Å². The van der Waals surface area contributed by atoms with Crippen LogP contribution in [0.4, 0.5) is 0 Å². The van der Waals surface area contributed by atoms with Gasteiger partial charge in [-0.25, -0.2) is 4.98 Å². The molecule has 0 radical (unpaired) electrons. The Hall–Kier alpha value is -1.65. The lowest BCUT2D eigenvalue weighted by Crippen LogP contribution is -2.12. The van der Waals surface area contributed by atoms with E-state index >= 15 is 0 Å². The first-order chi connectivity index (χ1) is 10.8. The SMILES string of the molecule is CCC[C@@H](C)c1c(-c2ccccc2)ncn1CCOCCO. The first kappa shape index (κ1) is 16.7. The molecule has 4 nitrogen and oxygen atoms in total. The molecular formula is C18H26N2O2. The van der Waals surface area contributed by atoms with E-state index in [0.29, 0.717) is 19.1 Å². The highest BCUT2D eigenvalue weighted by molar-refractivity contribution is 5.62. The highest BCUT2D eigenvalue weighted by Crippen LogP contribution is 2.30. The van der Waals surface area contributed by atoms with E-state index in [2.05, 4.69) is 35.5 Å². The zero-order valence-electron chi connectivity index (χ0n) is 13.5. The molecule has 0 aliphatic heterocycles. The van der Waals surface area contributed by atoms with Crippen molar-refractivity contribution in [3.05, 3.63) is 42.4 Å². The minimum Gasteiger partial charge on any atom is -0.394 e. The second-order valence-electron chi connectivity index (χ2n) is 5.56. The molecule has 0 spiro atoms. The van der Waals surface area contributed by atoms with Gasteiger partial charge in [0.1, 0.15) is 0 Å². The Kier molecular flexibility index (Phi) is 6.62. The maximum absolute atomic E-state index is 8.78. The molecule has 1 aromatic heterocycles. The van der Waals surface area contributed by atoms with E-state index in [-0.39, 0.29) is 6.61 Å². The van der Waals surface area contributed by atoms with Gasteiger partial charge < -0.3 is 14.4 Å². The number of imidazole rings is 1. The zero-order valence-corrected chi connectivity index (χ0v) is 13.5. The number of aromatic nitrogens is 2. The van der Waals surface area contributed by atoms with Crippen LogP contribution in [0, 0.1) is 0 Å². The molecule has 120 valence electrons. The predicted octanol–water partition coefficient (Wildman–Crippen LogP) is 3.46. The number of rotatable bonds is 9. The molecule has 0 aliphatic rings. The molecule has 2 rings (SSSR count). The summed E-state index contributed by atoms with van der Waals surface area (Å²) in [6, 6.07) is 10.3. The lowest BCUT2D eigenvalue weighted by molar-refractivity contribution is 0.0865. The fraction of sp³-hybridized carbons (Fsp3) is 0.500. The third-order valence-electron chi connectivity index (χ3n) is 3.83. The quantitative estimate of drug-likeness (QED) is 0.722. The Bertz CT molecular complexity index is 551. The van der Waals surface area contributed by atoms with Gasteiger partial charge in [-0.2, -0.15) is 0 Å². The standard InChI is InChI=1S/C18H26N2O2/c1-3-7-15(2)18-17(16-8-5-4-6-9-16)19-14-20(18)10-12-22-13-11-21/h4-6,8-9,14-15,21H,3,7,10-13H2,1-2H3/t15-/m1/s1. The molecule has 22 heavy (non-hydrogen) atoms. The largest absolute Gasteiger partial charge is 0.394 e. The first-order valence-electron chi connectivity index (χ1n) is 8.07. The molecule has 0 aliphatic carbocycles. The Morgan fingerprint density at radius 3 is 2.68 bits per heavy atom. The van der Waals surface area contributed by atoms with Gasteiger partial charge in [0.15, 0.2) is 0 Å². The molecule has 0 fully saturated rings. The molecular weight excluding hydrogens is 276 g/mol. The monoisotopic (exact) mass is 302 g/mol. The van der Waals surface area contributed by atoms with Gasteiger partial charge in [-0.05, 0) is 12.3 Å². The summed E-state index contributed by atoms with van der Waals surface area (Å²) in [5.74, 6) is 0.459. The van der Waals surface area contributed by atoms with Crippen LogP contribution in [0.25, 0.3) is 11.3 Å². The molecule has 0 saturated heterocycles. The van der Waals surface area contributed by atoms with Crippen LogP contribution >= 0.6 is 0 Å². The van der Waals surface area contributed by atoms with E-state index in [1.54, 1.807) is 0 Å². The second kappa shape index (κ2) is 8.71. The zero-order chi connectivity index (χ0) is 15.8. The van der Waals surface area contributed by atoms with Gasteiger partial charge in [-0.1, -0.05) is 50.6 Å². The van der Waals surface area contributed by atoms with Crippen molar-refractivity contribution in [2.24, 2.45) is 0 Å². The van der Waals surface area contributed by atoms with Crippen molar-refractivity contribution in [1.82, 2.24) is 9.55 Å². The normalized spacial score (nSPS) is 12.5. The van der Waals surface area contributed by atoms with E-state index < -0.39 is 0 Å². The van der Waals surface area contributed by atoms with Crippen molar-refractivity contribution in [3.63, 3.8) is 0 Å². The minimum absolute atomic E-state index is 0.0677. The molecule has 0 amide bonds. The van der Waals surface area contributed by atoms with Crippen LogP contribution in [0.15, 0.2) is 36.7 Å². The molecule has 4 heteroatoms. The third-order valence-corrected chi connectivity index (χ3v) is 3.83. The van der Waals surface area contributed by atoms with Crippen molar-refractivity contribution in [3.8, 4) is 11.3 Å². The van der Waals surface area contributed by atoms with Crippen molar-refractivity contribution in [2.45, 2.75) is 39.2 Å². The lowest BCUT2D eigenvalue weighted by Gasteiger charge is -2.16. The average Bonchev–Trinajstić information content (AvgIpc) is 2.96. The van der Waals surface area contributed by atoms with Gasteiger partial charge in [0.25, 0.3) is 0 Å². The van der Waals surface area contributed by atoms with Gasteiger partial charge >= 0.3 is 0 Å². The summed E-state index contributed by atoms with van der Waals surface area (Å²) in [6.07, 6.45) is 4.21. The average molecular weight is 302 g/mol. The Labute approximate surface area is 132 Å². The predicted molar refractivity (Wildman–Crippen MR) is 88.9 cm³/mol. The van der Waals surface area contributed by atoms with Gasteiger partial charge in [0, 0.05) is 17.8 Å². The van der Waals surface area contributed by atoms with E-state index in [4.69, 9.17) is 9.84 Å². The fourth-order valence-corrected chi connectivity index (χ4v) is 2.80. The maximum Gasteiger partial charge on any atom is 0.0956 e. The van der Waals surface area contributed by atoms with Crippen LogP contribution in [0.5, 0.6) is 0 Å². The molecule has 0 saturated carbocycles. The van der Waals surface area contributed by atoms with Crippen molar-refractivity contribution < 1.29 is 9.84 Å². The highest BCUT2D eigenvalue weighted by atomic mass is 16.5. The van der Waals surface area contributed by atoms with E-state index in [1.165, 1.54) is 5.69 Å². The number of hydrogen-bond acceptors (Lipinski definition) is 3. The number of ether oxygens (including phenoxy) is 1. The summed E-state index contributed by atoms with van der Waals surface area (Å²) in [5.41, 5.74) is 3.51. The topological polar surface area (TPSA) is 47.3 Å². The number of aliphatic hydroxyl groups is 1. The summed E-state index contributed by atoms with van der Waals surface area (Å²) in [5, 5.41) is 8.78. The Morgan fingerprint density at radius 1 is 1.23 bits per heavy atom. The molecule has 0 unspecified atom stereocenters. The fourth-order valence-electron chi connectivity index (χ4n) is 2.80. The minimum atomic E-state index is 0.0677. The lowest BCUT2D eigenvalue weighted by atomic mass is 9.97. The number of aliphatic hydroxyl groups excluding tert-OH is 1. The van der Waals surface area contributed by atoms with Gasteiger partial charge in [-0.3, -0.25) is 0 Å². The summed E-state index contributed by atoms with van der Waals surface area (Å²) in [4.78, 5) is 4.65. The Balaban J connectivity index is 2.24. The second-order valence-corrected chi connectivity index (χ2v) is 5.56. The first-order valence-corrected chi connectivity index (χ1v) is 8.07. The van der Waals surface area contributed by atoms with E-state index in [9.17, 15) is 0 Å². The summed E-state index contributed by atoms with van der Waals surface area (Å²) in [6.45, 7) is 6.29. The van der Waals surface area contributed by atoms with Gasteiger partial charge in [0.2, 0.25) is 0 Å². The third kappa shape index (κ3) is 4.18. The van der Waals surface area contributed by atoms with Crippen LogP contribution in [-0.4, -0.2) is 34.5 Å². The molecule has 1 N–H and O–H groups in total. The number of benzene rings is 1. The highest BCUT2D eigenvalue weighted by Gasteiger charge is 2.18. The van der Waals surface area contributed by atoms with E-state index in [1.807, 2.05) is 24.5 Å². The summed E-state index contributed by atoms with van der Waals surface area (Å²) in [7, 11) is 0. The number of nitrogens with zero attached hydrogens (tertiary/aromatic N) is 2. The van der Waals surface area contributed by atoms with Crippen molar-refractivity contribution >= 4 is 0 Å². The van der Waals surface area contributed by atoms with Crippen LogP contribution in [-0.2, 0) is 11.3 Å².